The van der Waals surface area contributed by atoms with Gasteiger partial charge in [0.15, 0.2) is 0 Å². The molecule has 1 aromatic rings. The molecule has 4 N–H and O–H groups in total. The highest BCUT2D eigenvalue weighted by Gasteiger charge is 2.15. The number of nitrogens with two attached hydrogens (primary N) is 2. The summed E-state index contributed by atoms with van der Waals surface area (Å²) in [7, 11) is 0. The smallest absolute Gasteiger partial charge is 0.283 e. The number of halogens is 1. The summed E-state index contributed by atoms with van der Waals surface area (Å²) in [5.41, 5.74) is 12.2. The van der Waals surface area contributed by atoms with Crippen LogP contribution in [0, 0.1) is 10.1 Å². The van der Waals surface area contributed by atoms with E-state index in [0.29, 0.717) is 11.0 Å². The summed E-state index contributed by atoms with van der Waals surface area (Å²) in [6.45, 7) is 0.646. The molecule has 0 heterocycles. The van der Waals surface area contributed by atoms with E-state index >= 15 is 0 Å². The van der Waals surface area contributed by atoms with E-state index in [1.165, 1.54) is 6.07 Å². The molecule has 94 valence electrons. The SMILES string of the molecule is NCCCC[C@H](N)c1ccc(Br)c([N+](=O)[O-])c1. The predicted molar refractivity (Wildman–Crippen MR) is 70.6 cm³/mol. The van der Waals surface area contributed by atoms with Gasteiger partial charge >= 0.3 is 0 Å². The van der Waals surface area contributed by atoms with E-state index in [1.807, 2.05) is 6.07 Å². The highest BCUT2D eigenvalue weighted by Crippen LogP contribution is 2.28. The average Bonchev–Trinajstić information content (AvgIpc) is 2.29. The van der Waals surface area contributed by atoms with E-state index in [9.17, 15) is 10.1 Å². The third kappa shape index (κ3) is 4.07. The summed E-state index contributed by atoms with van der Waals surface area (Å²) in [4.78, 5) is 10.4. The Hall–Kier alpha value is -0.980. The minimum atomic E-state index is -0.416. The van der Waals surface area contributed by atoms with Crippen LogP contribution in [0.1, 0.15) is 30.9 Å². The maximum atomic E-state index is 10.8. The normalized spacial score (nSPS) is 12.4. The van der Waals surface area contributed by atoms with Gasteiger partial charge in [-0.2, -0.15) is 0 Å². The maximum Gasteiger partial charge on any atom is 0.283 e. The lowest BCUT2D eigenvalue weighted by molar-refractivity contribution is -0.385. The standard InChI is InChI=1S/C11H16BrN3O2/c12-9-5-4-8(7-11(9)15(16)17)10(14)3-1-2-6-13/h4-5,7,10H,1-3,6,13-14H2/t10-/m0/s1. The summed E-state index contributed by atoms with van der Waals surface area (Å²) in [5, 5.41) is 10.8. The first kappa shape index (κ1) is 14.1. The van der Waals surface area contributed by atoms with Crippen LogP contribution in [0.2, 0.25) is 0 Å². The first-order chi connectivity index (χ1) is 8.06. The zero-order valence-corrected chi connectivity index (χ0v) is 11.0. The van der Waals surface area contributed by atoms with Gasteiger partial charge in [-0.05, 0) is 46.9 Å². The van der Waals surface area contributed by atoms with Crippen LogP contribution in [0.5, 0.6) is 0 Å². The van der Waals surface area contributed by atoms with Crippen molar-refractivity contribution in [1.29, 1.82) is 0 Å². The molecule has 0 aliphatic heterocycles. The first-order valence-electron chi connectivity index (χ1n) is 5.45. The van der Waals surface area contributed by atoms with E-state index in [2.05, 4.69) is 15.9 Å². The molecule has 0 spiro atoms. The summed E-state index contributed by atoms with van der Waals surface area (Å²) >= 11 is 3.14. The Morgan fingerprint density at radius 1 is 1.41 bits per heavy atom. The van der Waals surface area contributed by atoms with Gasteiger partial charge < -0.3 is 11.5 Å². The van der Waals surface area contributed by atoms with Crippen LogP contribution in [0.25, 0.3) is 0 Å². The zero-order valence-electron chi connectivity index (χ0n) is 9.43. The molecular weight excluding hydrogens is 286 g/mol. The third-order valence-corrected chi connectivity index (χ3v) is 3.23. The van der Waals surface area contributed by atoms with Crippen molar-refractivity contribution in [2.45, 2.75) is 25.3 Å². The van der Waals surface area contributed by atoms with E-state index in [-0.39, 0.29) is 11.7 Å². The molecule has 17 heavy (non-hydrogen) atoms. The van der Waals surface area contributed by atoms with Crippen LogP contribution in [0.15, 0.2) is 22.7 Å². The molecule has 0 aromatic heterocycles. The second-order valence-electron chi connectivity index (χ2n) is 3.86. The van der Waals surface area contributed by atoms with E-state index in [0.717, 1.165) is 24.8 Å². The van der Waals surface area contributed by atoms with Gasteiger partial charge in [-0.15, -0.1) is 0 Å². The Bertz CT molecular complexity index is 398. The zero-order chi connectivity index (χ0) is 12.8. The lowest BCUT2D eigenvalue weighted by Gasteiger charge is -2.11. The molecule has 5 nitrogen and oxygen atoms in total. The number of nitro groups is 1. The second-order valence-corrected chi connectivity index (χ2v) is 4.71. The molecule has 0 amide bonds. The molecule has 6 heteroatoms. The Morgan fingerprint density at radius 3 is 2.71 bits per heavy atom. The van der Waals surface area contributed by atoms with Crippen molar-refractivity contribution in [1.82, 2.24) is 0 Å². The van der Waals surface area contributed by atoms with Crippen molar-refractivity contribution in [2.75, 3.05) is 6.54 Å². The molecule has 0 bridgehead atoms. The maximum absolute atomic E-state index is 10.8. The molecule has 0 fully saturated rings. The number of unbranched alkanes of at least 4 members (excludes halogenated alkanes) is 1. The summed E-state index contributed by atoms with van der Waals surface area (Å²) in [6.07, 6.45) is 2.64. The van der Waals surface area contributed by atoms with E-state index in [1.54, 1.807) is 6.07 Å². The van der Waals surface area contributed by atoms with E-state index < -0.39 is 4.92 Å². The Morgan fingerprint density at radius 2 is 2.12 bits per heavy atom. The largest absolute Gasteiger partial charge is 0.330 e. The number of rotatable bonds is 6. The van der Waals surface area contributed by atoms with Crippen molar-refractivity contribution in [2.24, 2.45) is 11.5 Å². The van der Waals surface area contributed by atoms with Crippen molar-refractivity contribution < 1.29 is 4.92 Å². The minimum absolute atomic E-state index is 0.0526. The fourth-order valence-electron chi connectivity index (χ4n) is 1.58. The van der Waals surface area contributed by atoms with Crippen molar-refractivity contribution >= 4 is 21.6 Å². The molecule has 1 rings (SSSR count). The van der Waals surface area contributed by atoms with Gasteiger partial charge in [0.25, 0.3) is 5.69 Å². The lowest BCUT2D eigenvalue weighted by Crippen LogP contribution is -2.11. The molecular formula is C11H16BrN3O2. The van der Waals surface area contributed by atoms with Gasteiger partial charge in [-0.1, -0.05) is 12.5 Å². The monoisotopic (exact) mass is 301 g/mol. The predicted octanol–water partition coefficient (Wildman–Crippen LogP) is 2.49. The topological polar surface area (TPSA) is 95.2 Å². The van der Waals surface area contributed by atoms with Gasteiger partial charge in [0.1, 0.15) is 0 Å². The lowest BCUT2D eigenvalue weighted by atomic mass is 10.0. The Kier molecular flexibility index (Phi) is 5.54. The summed E-state index contributed by atoms with van der Waals surface area (Å²) < 4.78 is 0.473. The molecule has 0 radical (unpaired) electrons. The molecule has 0 saturated carbocycles. The van der Waals surface area contributed by atoms with Crippen LogP contribution in [-0.4, -0.2) is 11.5 Å². The number of hydrogen-bond donors (Lipinski definition) is 2. The van der Waals surface area contributed by atoms with Crippen LogP contribution >= 0.6 is 15.9 Å². The van der Waals surface area contributed by atoms with Crippen molar-refractivity contribution in [3.8, 4) is 0 Å². The minimum Gasteiger partial charge on any atom is -0.330 e. The Balaban J connectivity index is 2.77. The van der Waals surface area contributed by atoms with Crippen LogP contribution in [0.3, 0.4) is 0 Å². The quantitative estimate of drug-likeness (QED) is 0.479. The Labute approximate surface area is 108 Å². The molecule has 1 aromatic carbocycles. The van der Waals surface area contributed by atoms with Crippen LogP contribution < -0.4 is 11.5 Å². The van der Waals surface area contributed by atoms with Crippen LogP contribution in [-0.2, 0) is 0 Å². The van der Waals surface area contributed by atoms with Gasteiger partial charge in [0.2, 0.25) is 0 Å². The summed E-state index contributed by atoms with van der Waals surface area (Å²) in [6, 6.07) is 4.82. The number of nitro benzene ring substituents is 1. The highest BCUT2D eigenvalue weighted by atomic mass is 79.9. The fourth-order valence-corrected chi connectivity index (χ4v) is 1.97. The molecule has 1 atom stereocenters. The third-order valence-electron chi connectivity index (χ3n) is 2.56. The first-order valence-corrected chi connectivity index (χ1v) is 6.25. The molecule has 0 unspecified atom stereocenters. The number of nitrogens with zero attached hydrogens (tertiary/aromatic N) is 1. The van der Waals surface area contributed by atoms with Gasteiger partial charge in [-0.3, -0.25) is 10.1 Å². The van der Waals surface area contributed by atoms with Crippen molar-refractivity contribution in [3.05, 3.63) is 38.3 Å². The average molecular weight is 302 g/mol. The fraction of sp³-hybridized carbons (Fsp3) is 0.455. The second kappa shape index (κ2) is 6.68. The van der Waals surface area contributed by atoms with Crippen molar-refractivity contribution in [3.63, 3.8) is 0 Å². The molecule has 0 saturated heterocycles. The molecule has 0 aliphatic rings. The summed E-state index contributed by atoms with van der Waals surface area (Å²) in [5.74, 6) is 0. The highest BCUT2D eigenvalue weighted by molar-refractivity contribution is 9.10. The van der Waals surface area contributed by atoms with Gasteiger partial charge in [0, 0.05) is 12.1 Å². The van der Waals surface area contributed by atoms with Crippen LogP contribution in [0.4, 0.5) is 5.69 Å². The van der Waals surface area contributed by atoms with Gasteiger partial charge in [0.05, 0.1) is 9.40 Å². The van der Waals surface area contributed by atoms with Gasteiger partial charge in [-0.25, -0.2) is 0 Å². The molecule has 0 aliphatic carbocycles. The van der Waals surface area contributed by atoms with E-state index in [4.69, 9.17) is 11.5 Å². The number of hydrogen-bond acceptors (Lipinski definition) is 4. The number of benzene rings is 1.